The normalized spacial score (nSPS) is 15.7. The first-order chi connectivity index (χ1) is 7.39. The first-order valence-corrected chi connectivity index (χ1v) is 4.57. The minimum absolute atomic E-state index is 0.00680. The SMILES string of the molecule is C=C1C(=O)CNc2cc(C(F)(F)F)ccc21. The number of ketones is 1. The van der Waals surface area contributed by atoms with Gasteiger partial charge in [0.05, 0.1) is 12.1 Å². The van der Waals surface area contributed by atoms with Crippen molar-refractivity contribution in [3.63, 3.8) is 0 Å². The number of Topliss-reactive ketones (excluding diaryl/α,β-unsaturated/α-hetero) is 1. The van der Waals surface area contributed by atoms with Crippen LogP contribution in [0.3, 0.4) is 0 Å². The molecule has 2 nitrogen and oxygen atoms in total. The van der Waals surface area contributed by atoms with E-state index in [1.54, 1.807) is 0 Å². The maximum absolute atomic E-state index is 12.4. The molecule has 0 saturated carbocycles. The van der Waals surface area contributed by atoms with Crippen LogP contribution in [0, 0.1) is 0 Å². The highest BCUT2D eigenvalue weighted by Gasteiger charge is 2.32. The van der Waals surface area contributed by atoms with Crippen LogP contribution in [0.15, 0.2) is 24.8 Å². The summed E-state index contributed by atoms with van der Waals surface area (Å²) in [4.78, 5) is 11.3. The van der Waals surface area contributed by atoms with Crippen LogP contribution >= 0.6 is 0 Å². The Hall–Kier alpha value is -1.78. The van der Waals surface area contributed by atoms with Crippen LogP contribution in [-0.4, -0.2) is 12.3 Å². The minimum Gasteiger partial charge on any atom is -0.377 e. The van der Waals surface area contributed by atoms with Crippen LogP contribution in [0.4, 0.5) is 18.9 Å². The van der Waals surface area contributed by atoms with Crippen LogP contribution in [0.5, 0.6) is 0 Å². The number of fused-ring (bicyclic) bond motifs is 1. The average Bonchev–Trinajstić information content (AvgIpc) is 2.22. The number of hydrogen-bond acceptors (Lipinski definition) is 2. The molecular weight excluding hydrogens is 219 g/mol. The van der Waals surface area contributed by atoms with E-state index >= 15 is 0 Å². The molecule has 0 aromatic heterocycles. The van der Waals surface area contributed by atoms with E-state index in [2.05, 4.69) is 11.9 Å². The fraction of sp³-hybridized carbons (Fsp3) is 0.182. The number of anilines is 1. The molecule has 0 spiro atoms. The number of carbonyl (C=O) groups excluding carboxylic acids is 1. The molecule has 1 N–H and O–H groups in total. The molecule has 16 heavy (non-hydrogen) atoms. The van der Waals surface area contributed by atoms with Crippen molar-refractivity contribution in [3.05, 3.63) is 35.9 Å². The summed E-state index contributed by atoms with van der Waals surface area (Å²) in [7, 11) is 0. The highest BCUT2D eigenvalue weighted by Crippen LogP contribution is 2.35. The van der Waals surface area contributed by atoms with Crippen LogP contribution in [-0.2, 0) is 11.0 Å². The van der Waals surface area contributed by atoms with Crippen molar-refractivity contribution in [2.45, 2.75) is 6.18 Å². The van der Waals surface area contributed by atoms with E-state index in [0.717, 1.165) is 12.1 Å². The van der Waals surface area contributed by atoms with E-state index in [0.29, 0.717) is 11.3 Å². The second-order valence-corrected chi connectivity index (χ2v) is 3.51. The number of rotatable bonds is 0. The molecule has 1 aliphatic rings. The van der Waals surface area contributed by atoms with Crippen molar-refractivity contribution in [1.29, 1.82) is 0 Å². The molecule has 0 atom stereocenters. The highest BCUT2D eigenvalue weighted by atomic mass is 19.4. The predicted molar refractivity (Wildman–Crippen MR) is 54.0 cm³/mol. The van der Waals surface area contributed by atoms with Gasteiger partial charge in [-0.05, 0) is 12.1 Å². The highest BCUT2D eigenvalue weighted by molar-refractivity contribution is 6.24. The van der Waals surface area contributed by atoms with Crippen molar-refractivity contribution in [3.8, 4) is 0 Å². The zero-order chi connectivity index (χ0) is 11.9. The lowest BCUT2D eigenvalue weighted by Crippen LogP contribution is -2.22. The Morgan fingerprint density at radius 3 is 2.62 bits per heavy atom. The molecule has 1 aliphatic heterocycles. The Balaban J connectivity index is 2.49. The van der Waals surface area contributed by atoms with Gasteiger partial charge in [-0.3, -0.25) is 4.79 Å². The third kappa shape index (κ3) is 1.68. The van der Waals surface area contributed by atoms with E-state index < -0.39 is 11.7 Å². The molecule has 1 aromatic rings. The topological polar surface area (TPSA) is 29.1 Å². The smallest absolute Gasteiger partial charge is 0.377 e. The second-order valence-electron chi connectivity index (χ2n) is 3.51. The predicted octanol–water partition coefficient (Wildman–Crippen LogP) is 2.71. The summed E-state index contributed by atoms with van der Waals surface area (Å²) in [6.45, 7) is 3.55. The van der Waals surface area contributed by atoms with Crippen molar-refractivity contribution in [2.75, 3.05) is 11.9 Å². The van der Waals surface area contributed by atoms with Gasteiger partial charge in [0.25, 0.3) is 0 Å². The van der Waals surface area contributed by atoms with Gasteiger partial charge < -0.3 is 5.32 Å². The molecule has 5 heteroatoms. The number of alkyl halides is 3. The van der Waals surface area contributed by atoms with E-state index in [-0.39, 0.29) is 17.9 Å². The number of halogens is 3. The first kappa shape index (κ1) is 10.7. The molecule has 0 saturated heterocycles. The van der Waals surface area contributed by atoms with Crippen LogP contribution < -0.4 is 5.32 Å². The maximum atomic E-state index is 12.4. The lowest BCUT2D eigenvalue weighted by Gasteiger charge is -2.20. The molecule has 0 amide bonds. The summed E-state index contributed by atoms with van der Waals surface area (Å²) >= 11 is 0. The third-order valence-electron chi connectivity index (χ3n) is 2.45. The molecule has 0 unspecified atom stereocenters. The van der Waals surface area contributed by atoms with Crippen LogP contribution in [0.2, 0.25) is 0 Å². The van der Waals surface area contributed by atoms with Gasteiger partial charge in [0.2, 0.25) is 0 Å². The number of nitrogens with one attached hydrogen (secondary N) is 1. The summed E-state index contributed by atoms with van der Waals surface area (Å²) in [5.41, 5.74) is 0.257. The average molecular weight is 227 g/mol. The Morgan fingerprint density at radius 1 is 1.31 bits per heavy atom. The summed E-state index contributed by atoms with van der Waals surface area (Å²) < 4.78 is 37.2. The van der Waals surface area contributed by atoms with Crippen molar-refractivity contribution in [1.82, 2.24) is 0 Å². The van der Waals surface area contributed by atoms with Gasteiger partial charge in [0, 0.05) is 16.8 Å². The van der Waals surface area contributed by atoms with Crippen molar-refractivity contribution in [2.24, 2.45) is 0 Å². The van der Waals surface area contributed by atoms with Gasteiger partial charge in [0.1, 0.15) is 0 Å². The van der Waals surface area contributed by atoms with Gasteiger partial charge in [-0.1, -0.05) is 12.6 Å². The van der Waals surface area contributed by atoms with E-state index in [9.17, 15) is 18.0 Å². The van der Waals surface area contributed by atoms with Gasteiger partial charge in [-0.25, -0.2) is 0 Å². The first-order valence-electron chi connectivity index (χ1n) is 4.57. The van der Waals surface area contributed by atoms with E-state index in [1.165, 1.54) is 6.07 Å². The quantitative estimate of drug-likeness (QED) is 0.690. The number of benzene rings is 1. The van der Waals surface area contributed by atoms with Gasteiger partial charge in [-0.15, -0.1) is 0 Å². The Morgan fingerprint density at radius 2 is 2.00 bits per heavy atom. The van der Waals surface area contributed by atoms with Gasteiger partial charge >= 0.3 is 6.18 Å². The standard InChI is InChI=1S/C11H8F3NO/c1-6-8-3-2-7(11(12,13)14)4-9(8)15-5-10(6)16/h2-4,15H,1,5H2. The molecule has 0 fully saturated rings. The maximum Gasteiger partial charge on any atom is 0.416 e. The van der Waals surface area contributed by atoms with Crippen LogP contribution in [0.1, 0.15) is 11.1 Å². The van der Waals surface area contributed by atoms with Crippen molar-refractivity contribution < 1.29 is 18.0 Å². The Labute approximate surface area is 89.8 Å². The zero-order valence-corrected chi connectivity index (χ0v) is 8.19. The summed E-state index contributed by atoms with van der Waals surface area (Å²) in [6, 6.07) is 3.21. The molecule has 1 heterocycles. The minimum atomic E-state index is -4.38. The second kappa shape index (κ2) is 3.37. The van der Waals surface area contributed by atoms with Gasteiger partial charge in [-0.2, -0.15) is 13.2 Å². The molecule has 2 rings (SSSR count). The number of hydrogen-bond donors (Lipinski definition) is 1. The van der Waals surface area contributed by atoms with Crippen LogP contribution in [0.25, 0.3) is 5.57 Å². The van der Waals surface area contributed by atoms with Crippen molar-refractivity contribution >= 4 is 17.0 Å². The fourth-order valence-corrected chi connectivity index (χ4v) is 1.56. The summed E-state index contributed by atoms with van der Waals surface area (Å²) in [5, 5.41) is 2.64. The fourth-order valence-electron chi connectivity index (χ4n) is 1.56. The third-order valence-corrected chi connectivity index (χ3v) is 2.45. The van der Waals surface area contributed by atoms with Gasteiger partial charge in [0.15, 0.2) is 5.78 Å². The zero-order valence-electron chi connectivity index (χ0n) is 8.19. The molecule has 0 aliphatic carbocycles. The van der Waals surface area contributed by atoms with E-state index in [1.807, 2.05) is 0 Å². The monoisotopic (exact) mass is 227 g/mol. The van der Waals surface area contributed by atoms with E-state index in [4.69, 9.17) is 0 Å². The summed E-state index contributed by atoms with van der Waals surface area (Å²) in [6.07, 6.45) is -4.38. The number of carbonyl (C=O) groups is 1. The Kier molecular flexibility index (Phi) is 2.26. The lowest BCUT2D eigenvalue weighted by atomic mass is 9.96. The molecular formula is C11H8F3NO. The largest absolute Gasteiger partial charge is 0.416 e. The summed E-state index contributed by atoms with van der Waals surface area (Å²) in [5.74, 6) is -0.202. The molecule has 1 aromatic carbocycles. The lowest BCUT2D eigenvalue weighted by molar-refractivity contribution is -0.137. The molecule has 84 valence electrons. The Bertz CT molecular complexity index is 477. The molecule has 0 radical (unpaired) electrons. The molecule has 0 bridgehead atoms.